The standard InChI is InChI=1S/C13H7ClN2O3/c14-10-6-8(13(17)18)4-5-11(10)19-12-3-1-2-9(7-15)16-12/h1-6H,(H,17,18). The van der Waals surface area contributed by atoms with Gasteiger partial charge in [0.1, 0.15) is 17.5 Å². The van der Waals surface area contributed by atoms with Gasteiger partial charge in [-0.25, -0.2) is 9.78 Å². The quantitative estimate of drug-likeness (QED) is 0.930. The highest BCUT2D eigenvalue weighted by Crippen LogP contribution is 2.29. The van der Waals surface area contributed by atoms with Gasteiger partial charge < -0.3 is 9.84 Å². The molecule has 0 radical (unpaired) electrons. The number of carboxylic acids is 1. The number of aromatic carboxylic acids is 1. The number of hydrogen-bond donors (Lipinski definition) is 1. The number of benzene rings is 1. The van der Waals surface area contributed by atoms with E-state index in [1.54, 1.807) is 18.2 Å². The molecule has 0 aliphatic rings. The summed E-state index contributed by atoms with van der Waals surface area (Å²) in [4.78, 5) is 14.7. The van der Waals surface area contributed by atoms with Crippen LogP contribution in [0.1, 0.15) is 16.1 Å². The summed E-state index contributed by atoms with van der Waals surface area (Å²) in [5.41, 5.74) is 0.284. The normalized spacial score (nSPS) is 9.68. The maximum absolute atomic E-state index is 10.8. The fourth-order valence-corrected chi connectivity index (χ4v) is 1.58. The predicted molar refractivity (Wildman–Crippen MR) is 67.4 cm³/mol. The lowest BCUT2D eigenvalue weighted by Gasteiger charge is -2.07. The van der Waals surface area contributed by atoms with Crippen LogP contribution in [-0.2, 0) is 0 Å². The van der Waals surface area contributed by atoms with Crippen LogP contribution in [0.2, 0.25) is 5.02 Å². The van der Waals surface area contributed by atoms with Crippen LogP contribution in [0.5, 0.6) is 11.6 Å². The molecule has 0 bridgehead atoms. The Hall–Kier alpha value is -2.58. The fraction of sp³-hybridized carbons (Fsp3) is 0. The third-order valence-electron chi connectivity index (χ3n) is 2.23. The van der Waals surface area contributed by atoms with E-state index >= 15 is 0 Å². The van der Waals surface area contributed by atoms with Crippen molar-refractivity contribution in [3.63, 3.8) is 0 Å². The second kappa shape index (κ2) is 5.38. The van der Waals surface area contributed by atoms with Gasteiger partial charge in [-0.2, -0.15) is 5.26 Å². The molecular weight excluding hydrogens is 268 g/mol. The minimum Gasteiger partial charge on any atom is -0.478 e. The average Bonchev–Trinajstić information content (AvgIpc) is 2.41. The number of pyridine rings is 1. The van der Waals surface area contributed by atoms with E-state index in [4.69, 9.17) is 26.7 Å². The first-order valence-corrected chi connectivity index (χ1v) is 5.56. The molecule has 0 fully saturated rings. The van der Waals surface area contributed by atoms with Crippen molar-refractivity contribution in [1.29, 1.82) is 5.26 Å². The van der Waals surface area contributed by atoms with Crippen molar-refractivity contribution in [3.05, 3.63) is 52.7 Å². The highest BCUT2D eigenvalue weighted by atomic mass is 35.5. The summed E-state index contributed by atoms with van der Waals surface area (Å²) in [6.45, 7) is 0. The number of nitriles is 1. The maximum Gasteiger partial charge on any atom is 0.335 e. The molecule has 0 spiro atoms. The van der Waals surface area contributed by atoms with Crippen LogP contribution in [0.3, 0.4) is 0 Å². The van der Waals surface area contributed by atoms with Gasteiger partial charge in [-0.15, -0.1) is 0 Å². The van der Waals surface area contributed by atoms with Crippen LogP contribution in [-0.4, -0.2) is 16.1 Å². The van der Waals surface area contributed by atoms with Gasteiger partial charge in [0.25, 0.3) is 0 Å². The minimum absolute atomic E-state index is 0.0658. The Bertz CT molecular complexity index is 680. The zero-order valence-electron chi connectivity index (χ0n) is 9.50. The van der Waals surface area contributed by atoms with Crippen molar-refractivity contribution in [2.24, 2.45) is 0 Å². The summed E-state index contributed by atoms with van der Waals surface area (Å²) in [5, 5.41) is 17.7. The van der Waals surface area contributed by atoms with E-state index in [2.05, 4.69) is 4.98 Å². The van der Waals surface area contributed by atoms with Crippen molar-refractivity contribution in [2.45, 2.75) is 0 Å². The lowest BCUT2D eigenvalue weighted by Crippen LogP contribution is -1.97. The molecule has 0 saturated carbocycles. The van der Waals surface area contributed by atoms with E-state index in [0.717, 1.165) is 0 Å². The Morgan fingerprint density at radius 3 is 2.79 bits per heavy atom. The number of carbonyl (C=O) groups is 1. The first kappa shape index (κ1) is 12.9. The summed E-state index contributed by atoms with van der Waals surface area (Å²) >= 11 is 5.92. The molecule has 5 nitrogen and oxygen atoms in total. The Balaban J connectivity index is 2.28. The molecule has 1 aromatic heterocycles. The van der Waals surface area contributed by atoms with E-state index < -0.39 is 5.97 Å². The summed E-state index contributed by atoms with van der Waals surface area (Å²) in [7, 11) is 0. The molecule has 2 rings (SSSR count). The van der Waals surface area contributed by atoms with Crippen molar-refractivity contribution < 1.29 is 14.6 Å². The van der Waals surface area contributed by atoms with Gasteiger partial charge in [-0.3, -0.25) is 0 Å². The number of halogens is 1. The van der Waals surface area contributed by atoms with E-state index in [1.807, 2.05) is 6.07 Å². The van der Waals surface area contributed by atoms with Crippen LogP contribution < -0.4 is 4.74 Å². The van der Waals surface area contributed by atoms with Gasteiger partial charge in [0.2, 0.25) is 5.88 Å². The number of aromatic nitrogens is 1. The number of carboxylic acid groups (broad SMARTS) is 1. The highest BCUT2D eigenvalue weighted by Gasteiger charge is 2.09. The molecule has 0 aliphatic carbocycles. The van der Waals surface area contributed by atoms with Crippen LogP contribution in [0.15, 0.2) is 36.4 Å². The first-order chi connectivity index (χ1) is 9.10. The average molecular weight is 275 g/mol. The highest BCUT2D eigenvalue weighted by molar-refractivity contribution is 6.32. The van der Waals surface area contributed by atoms with Gasteiger partial charge in [0.05, 0.1) is 10.6 Å². The number of hydrogen-bond acceptors (Lipinski definition) is 4. The second-order valence-electron chi connectivity index (χ2n) is 3.53. The second-order valence-corrected chi connectivity index (χ2v) is 3.93. The molecule has 0 aliphatic heterocycles. The minimum atomic E-state index is -1.07. The molecule has 0 amide bonds. The molecule has 6 heteroatoms. The molecule has 2 aromatic rings. The lowest BCUT2D eigenvalue weighted by molar-refractivity contribution is 0.0697. The molecule has 1 aromatic carbocycles. The van der Waals surface area contributed by atoms with E-state index in [1.165, 1.54) is 18.2 Å². The predicted octanol–water partition coefficient (Wildman–Crippen LogP) is 3.10. The zero-order valence-corrected chi connectivity index (χ0v) is 10.3. The van der Waals surface area contributed by atoms with Crippen LogP contribution in [0.4, 0.5) is 0 Å². The van der Waals surface area contributed by atoms with E-state index in [-0.39, 0.29) is 27.9 Å². The third kappa shape index (κ3) is 3.00. The Kier molecular flexibility index (Phi) is 3.64. The molecule has 1 heterocycles. The van der Waals surface area contributed by atoms with Gasteiger partial charge >= 0.3 is 5.97 Å². The Morgan fingerprint density at radius 2 is 2.16 bits per heavy atom. The largest absolute Gasteiger partial charge is 0.478 e. The summed E-state index contributed by atoms with van der Waals surface area (Å²) in [6, 6.07) is 10.7. The van der Waals surface area contributed by atoms with Crippen LogP contribution in [0, 0.1) is 11.3 Å². The number of nitrogens with zero attached hydrogens (tertiary/aromatic N) is 2. The monoisotopic (exact) mass is 274 g/mol. The summed E-state index contributed by atoms with van der Waals surface area (Å²) in [6.07, 6.45) is 0. The SMILES string of the molecule is N#Cc1cccc(Oc2ccc(C(=O)O)cc2Cl)n1. The third-order valence-corrected chi connectivity index (χ3v) is 2.53. The van der Waals surface area contributed by atoms with Crippen molar-refractivity contribution >= 4 is 17.6 Å². The molecule has 1 N–H and O–H groups in total. The summed E-state index contributed by atoms with van der Waals surface area (Å²) < 4.78 is 5.40. The van der Waals surface area contributed by atoms with Gasteiger partial charge in [0, 0.05) is 6.07 Å². The van der Waals surface area contributed by atoms with Gasteiger partial charge in [0.15, 0.2) is 0 Å². The Morgan fingerprint density at radius 1 is 1.37 bits per heavy atom. The van der Waals surface area contributed by atoms with Crippen molar-refractivity contribution in [1.82, 2.24) is 4.98 Å². The van der Waals surface area contributed by atoms with Crippen LogP contribution >= 0.6 is 11.6 Å². The Labute approximate surface area is 113 Å². The van der Waals surface area contributed by atoms with E-state index in [9.17, 15) is 4.79 Å². The molecule has 94 valence electrons. The summed E-state index contributed by atoms with van der Waals surface area (Å²) in [5.74, 6) is -0.587. The van der Waals surface area contributed by atoms with Crippen molar-refractivity contribution in [3.8, 4) is 17.7 Å². The molecule has 0 saturated heterocycles. The smallest absolute Gasteiger partial charge is 0.335 e. The molecule has 0 atom stereocenters. The maximum atomic E-state index is 10.8. The molecule has 0 unspecified atom stereocenters. The topological polar surface area (TPSA) is 83.2 Å². The first-order valence-electron chi connectivity index (χ1n) is 5.18. The fourth-order valence-electron chi connectivity index (χ4n) is 1.36. The molecular formula is C13H7ClN2O3. The molecule has 19 heavy (non-hydrogen) atoms. The van der Waals surface area contributed by atoms with Gasteiger partial charge in [-0.05, 0) is 24.3 Å². The number of rotatable bonds is 3. The number of ether oxygens (including phenoxy) is 1. The van der Waals surface area contributed by atoms with Crippen molar-refractivity contribution in [2.75, 3.05) is 0 Å². The zero-order chi connectivity index (χ0) is 13.8. The van der Waals surface area contributed by atoms with E-state index in [0.29, 0.717) is 0 Å². The lowest BCUT2D eigenvalue weighted by atomic mass is 10.2. The van der Waals surface area contributed by atoms with Crippen LogP contribution in [0.25, 0.3) is 0 Å². The van der Waals surface area contributed by atoms with Gasteiger partial charge in [-0.1, -0.05) is 17.7 Å².